The van der Waals surface area contributed by atoms with E-state index in [2.05, 4.69) is 11.8 Å². The van der Waals surface area contributed by atoms with Crippen LogP contribution in [-0.4, -0.2) is 73.3 Å². The van der Waals surface area contributed by atoms with Crippen molar-refractivity contribution in [1.29, 1.82) is 0 Å². The van der Waals surface area contributed by atoms with Gasteiger partial charge in [-0.05, 0) is 44.7 Å². The molecule has 1 unspecified atom stereocenters. The fraction of sp³-hybridized carbons (Fsp3) is 0.875. The number of hydrogen-bond acceptors (Lipinski definition) is 3. The topological polar surface area (TPSA) is 43.9 Å². The number of nitrogens with zero attached hydrogens (tertiary/aromatic N) is 3. The van der Waals surface area contributed by atoms with E-state index in [9.17, 15) is 9.59 Å². The van der Waals surface area contributed by atoms with Crippen molar-refractivity contribution in [1.82, 2.24) is 14.7 Å². The second-order valence-corrected chi connectivity index (χ2v) is 6.87. The highest BCUT2D eigenvalue weighted by Crippen LogP contribution is 2.20. The van der Waals surface area contributed by atoms with Crippen molar-refractivity contribution >= 4 is 11.8 Å². The molecule has 2 rings (SSSR count). The van der Waals surface area contributed by atoms with Crippen LogP contribution >= 0.6 is 0 Å². The van der Waals surface area contributed by atoms with E-state index >= 15 is 0 Å². The van der Waals surface area contributed by atoms with Crippen molar-refractivity contribution in [2.75, 3.05) is 46.8 Å². The molecule has 2 amide bonds. The second kappa shape index (κ2) is 7.25. The Bertz CT molecular complexity index is 376. The molecule has 5 nitrogen and oxygen atoms in total. The molecule has 2 heterocycles. The first-order chi connectivity index (χ1) is 9.97. The third-order valence-electron chi connectivity index (χ3n) is 4.75. The van der Waals surface area contributed by atoms with Crippen LogP contribution in [0.5, 0.6) is 0 Å². The summed E-state index contributed by atoms with van der Waals surface area (Å²) in [5, 5.41) is 0. The lowest BCUT2D eigenvalue weighted by Crippen LogP contribution is -2.47. The van der Waals surface area contributed by atoms with E-state index in [4.69, 9.17) is 0 Å². The van der Waals surface area contributed by atoms with Gasteiger partial charge in [-0.2, -0.15) is 0 Å². The number of hydrogen-bond donors (Lipinski definition) is 0. The number of amides is 2. The van der Waals surface area contributed by atoms with Gasteiger partial charge in [0.2, 0.25) is 11.8 Å². The number of rotatable bonds is 3. The third-order valence-corrected chi connectivity index (χ3v) is 4.75. The van der Waals surface area contributed by atoms with Crippen LogP contribution in [0.3, 0.4) is 0 Å². The van der Waals surface area contributed by atoms with Crippen LogP contribution in [-0.2, 0) is 9.59 Å². The van der Waals surface area contributed by atoms with Gasteiger partial charge < -0.3 is 9.80 Å². The first-order valence-corrected chi connectivity index (χ1v) is 8.18. The standard InChI is InChI=1S/C16H29N3O2/c1-13-5-4-8-19(11-13)15(20)12-18-9-6-14(7-10-18)16(21)17(2)3/h13-14H,4-12H2,1-3H3. The summed E-state index contributed by atoms with van der Waals surface area (Å²) in [4.78, 5) is 30.2. The van der Waals surface area contributed by atoms with Crippen LogP contribution in [0.1, 0.15) is 32.6 Å². The predicted octanol–water partition coefficient (Wildman–Crippen LogP) is 1.05. The van der Waals surface area contributed by atoms with Gasteiger partial charge in [-0.1, -0.05) is 6.92 Å². The monoisotopic (exact) mass is 295 g/mol. The SMILES string of the molecule is CC1CCCN(C(=O)CN2CCC(C(=O)N(C)C)CC2)C1. The van der Waals surface area contributed by atoms with Gasteiger partial charge in [0.1, 0.15) is 0 Å². The van der Waals surface area contributed by atoms with Crippen molar-refractivity contribution in [3.8, 4) is 0 Å². The molecule has 0 aliphatic carbocycles. The van der Waals surface area contributed by atoms with Crippen LogP contribution < -0.4 is 0 Å². The molecule has 1 atom stereocenters. The third kappa shape index (κ3) is 4.43. The lowest BCUT2D eigenvalue weighted by molar-refractivity contribution is -0.136. The maximum Gasteiger partial charge on any atom is 0.236 e. The molecule has 0 aromatic carbocycles. The Morgan fingerprint density at radius 2 is 1.76 bits per heavy atom. The van der Waals surface area contributed by atoms with Gasteiger partial charge in [0.25, 0.3) is 0 Å². The van der Waals surface area contributed by atoms with Crippen molar-refractivity contribution in [3.05, 3.63) is 0 Å². The minimum Gasteiger partial charge on any atom is -0.349 e. The molecule has 0 spiro atoms. The Hall–Kier alpha value is -1.10. The van der Waals surface area contributed by atoms with Gasteiger partial charge in [-0.25, -0.2) is 0 Å². The Morgan fingerprint density at radius 1 is 1.10 bits per heavy atom. The van der Waals surface area contributed by atoms with Crippen LogP contribution in [0.2, 0.25) is 0 Å². The Labute approximate surface area is 128 Å². The molecule has 0 saturated carbocycles. The van der Waals surface area contributed by atoms with Crippen molar-refractivity contribution in [3.63, 3.8) is 0 Å². The lowest BCUT2D eigenvalue weighted by Gasteiger charge is -2.35. The zero-order valence-corrected chi connectivity index (χ0v) is 13.7. The summed E-state index contributed by atoms with van der Waals surface area (Å²) in [6.45, 7) is 6.29. The molecule has 5 heteroatoms. The molecular formula is C16H29N3O2. The summed E-state index contributed by atoms with van der Waals surface area (Å²) in [6, 6.07) is 0. The number of likely N-dealkylation sites (tertiary alicyclic amines) is 2. The maximum atomic E-state index is 12.3. The van der Waals surface area contributed by atoms with Crippen LogP contribution in [0.4, 0.5) is 0 Å². The Morgan fingerprint density at radius 3 is 2.33 bits per heavy atom. The Kier molecular flexibility index (Phi) is 5.62. The Balaban J connectivity index is 1.75. The predicted molar refractivity (Wildman–Crippen MR) is 82.8 cm³/mol. The second-order valence-electron chi connectivity index (χ2n) is 6.87. The van der Waals surface area contributed by atoms with Gasteiger partial charge in [0, 0.05) is 33.1 Å². The van der Waals surface area contributed by atoms with Crippen molar-refractivity contribution in [2.45, 2.75) is 32.6 Å². The van der Waals surface area contributed by atoms with Gasteiger partial charge in [-0.3, -0.25) is 14.5 Å². The molecule has 0 radical (unpaired) electrons. The van der Waals surface area contributed by atoms with Gasteiger partial charge >= 0.3 is 0 Å². The van der Waals surface area contributed by atoms with E-state index in [1.165, 1.54) is 6.42 Å². The molecule has 2 aliphatic heterocycles. The molecule has 0 aromatic heterocycles. The molecule has 0 aromatic rings. The summed E-state index contributed by atoms with van der Waals surface area (Å²) in [7, 11) is 3.63. The highest BCUT2D eigenvalue weighted by atomic mass is 16.2. The minimum absolute atomic E-state index is 0.140. The van der Waals surface area contributed by atoms with Crippen molar-refractivity contribution in [2.24, 2.45) is 11.8 Å². The highest BCUT2D eigenvalue weighted by molar-refractivity contribution is 5.79. The molecule has 2 aliphatic rings. The largest absolute Gasteiger partial charge is 0.349 e. The van der Waals surface area contributed by atoms with E-state index in [0.29, 0.717) is 12.5 Å². The molecule has 120 valence electrons. The zero-order chi connectivity index (χ0) is 15.4. The fourth-order valence-corrected chi connectivity index (χ4v) is 3.41. The fourth-order valence-electron chi connectivity index (χ4n) is 3.41. The summed E-state index contributed by atoms with van der Waals surface area (Å²) in [5.74, 6) is 1.26. The molecule has 0 N–H and O–H groups in total. The van der Waals surface area contributed by atoms with Crippen LogP contribution in [0.25, 0.3) is 0 Å². The normalized spacial score (nSPS) is 24.9. The molecule has 0 bridgehead atoms. The number of carbonyl (C=O) groups excluding carboxylic acids is 2. The average Bonchev–Trinajstić information content (AvgIpc) is 2.47. The molecule has 2 fully saturated rings. The summed E-state index contributed by atoms with van der Waals surface area (Å²) in [6.07, 6.45) is 4.12. The first kappa shape index (κ1) is 16.3. The molecular weight excluding hydrogens is 266 g/mol. The van der Waals surface area contributed by atoms with E-state index in [-0.39, 0.29) is 17.7 Å². The van der Waals surface area contributed by atoms with Crippen LogP contribution in [0, 0.1) is 11.8 Å². The smallest absolute Gasteiger partial charge is 0.236 e. The van der Waals surface area contributed by atoms with E-state index < -0.39 is 0 Å². The van der Waals surface area contributed by atoms with E-state index in [1.54, 1.807) is 4.90 Å². The van der Waals surface area contributed by atoms with E-state index in [1.807, 2.05) is 19.0 Å². The highest BCUT2D eigenvalue weighted by Gasteiger charge is 2.28. The first-order valence-electron chi connectivity index (χ1n) is 8.18. The molecule has 2 saturated heterocycles. The molecule has 21 heavy (non-hydrogen) atoms. The number of piperidine rings is 2. The average molecular weight is 295 g/mol. The van der Waals surface area contributed by atoms with E-state index in [0.717, 1.165) is 45.4 Å². The summed E-state index contributed by atoms with van der Waals surface area (Å²) < 4.78 is 0. The minimum atomic E-state index is 0.140. The number of carbonyl (C=O) groups is 2. The zero-order valence-electron chi connectivity index (χ0n) is 13.7. The van der Waals surface area contributed by atoms with Crippen LogP contribution in [0.15, 0.2) is 0 Å². The maximum absolute atomic E-state index is 12.3. The van der Waals surface area contributed by atoms with Gasteiger partial charge in [0.15, 0.2) is 0 Å². The van der Waals surface area contributed by atoms with Gasteiger partial charge in [-0.15, -0.1) is 0 Å². The summed E-state index contributed by atoms with van der Waals surface area (Å²) >= 11 is 0. The lowest BCUT2D eigenvalue weighted by atomic mass is 9.95. The quantitative estimate of drug-likeness (QED) is 0.781. The summed E-state index contributed by atoms with van der Waals surface area (Å²) in [5.41, 5.74) is 0. The van der Waals surface area contributed by atoms with Crippen molar-refractivity contribution < 1.29 is 9.59 Å². The van der Waals surface area contributed by atoms with Gasteiger partial charge in [0.05, 0.1) is 6.54 Å².